The molecule has 0 saturated carbocycles. The molecule has 1 aliphatic heterocycles. The molecule has 0 unspecified atom stereocenters. The number of benzene rings is 1. The molecular formula is C9H4N4O. The molecule has 0 atom stereocenters. The second kappa shape index (κ2) is 2.41. The maximum atomic E-state index is 11.0. The molecule has 2 aromatic rings. The second-order valence-corrected chi connectivity index (χ2v) is 2.90. The lowest BCUT2D eigenvalue weighted by Gasteiger charge is -1.92. The Hall–Kier alpha value is -2.17. The molecule has 3 rings (SSSR count). The zero-order chi connectivity index (χ0) is 9.54. The van der Waals surface area contributed by atoms with Crippen LogP contribution < -0.4 is 10.7 Å². The molecule has 0 bridgehead atoms. The molecule has 5 nitrogen and oxygen atoms in total. The predicted molar refractivity (Wildman–Crippen MR) is 47.2 cm³/mol. The SMILES string of the molecule is O=C1N=c2ccc3cncnc3c2=N1. The van der Waals surface area contributed by atoms with Gasteiger partial charge in [0.1, 0.15) is 17.2 Å². The minimum atomic E-state index is -0.467. The first-order chi connectivity index (χ1) is 6.84. The van der Waals surface area contributed by atoms with Crippen molar-refractivity contribution in [3.05, 3.63) is 35.4 Å². The van der Waals surface area contributed by atoms with Crippen molar-refractivity contribution in [2.45, 2.75) is 0 Å². The largest absolute Gasteiger partial charge is 0.368 e. The summed E-state index contributed by atoms with van der Waals surface area (Å²) in [4.78, 5) is 26.4. The minimum absolute atomic E-state index is 0.467. The van der Waals surface area contributed by atoms with Crippen molar-refractivity contribution >= 4 is 16.9 Å². The second-order valence-electron chi connectivity index (χ2n) is 2.90. The summed E-state index contributed by atoms with van der Waals surface area (Å²) in [6.45, 7) is 0. The Morgan fingerprint density at radius 3 is 3.00 bits per heavy atom. The van der Waals surface area contributed by atoms with Crippen LogP contribution in [0.15, 0.2) is 34.6 Å². The van der Waals surface area contributed by atoms with Crippen LogP contribution in [-0.4, -0.2) is 16.0 Å². The van der Waals surface area contributed by atoms with Gasteiger partial charge in [-0.05, 0) is 12.1 Å². The Bertz CT molecular complexity index is 662. The fourth-order valence-electron chi connectivity index (χ4n) is 1.45. The molecule has 2 amide bonds. The molecule has 0 N–H and O–H groups in total. The van der Waals surface area contributed by atoms with Crippen molar-refractivity contribution < 1.29 is 4.79 Å². The van der Waals surface area contributed by atoms with Gasteiger partial charge in [-0.3, -0.25) is 0 Å². The highest BCUT2D eigenvalue weighted by molar-refractivity contribution is 5.83. The number of aromatic nitrogens is 2. The normalized spacial score (nSPS) is 13.6. The molecule has 2 heterocycles. The molecule has 14 heavy (non-hydrogen) atoms. The fourth-order valence-corrected chi connectivity index (χ4v) is 1.45. The van der Waals surface area contributed by atoms with E-state index in [9.17, 15) is 4.79 Å². The van der Waals surface area contributed by atoms with Gasteiger partial charge in [0.25, 0.3) is 0 Å². The first-order valence-corrected chi connectivity index (χ1v) is 4.05. The highest BCUT2D eigenvalue weighted by atomic mass is 16.2. The van der Waals surface area contributed by atoms with Gasteiger partial charge in [-0.1, -0.05) is 0 Å². The number of fused-ring (bicyclic) bond motifs is 3. The summed E-state index contributed by atoms with van der Waals surface area (Å²) in [5, 5.41) is 2.00. The summed E-state index contributed by atoms with van der Waals surface area (Å²) < 4.78 is 0. The maximum absolute atomic E-state index is 11.0. The molecule has 0 fully saturated rings. The van der Waals surface area contributed by atoms with E-state index in [-0.39, 0.29) is 0 Å². The van der Waals surface area contributed by atoms with Gasteiger partial charge in [-0.2, -0.15) is 9.98 Å². The maximum Gasteiger partial charge on any atom is 0.368 e. The third-order valence-corrected chi connectivity index (χ3v) is 2.05. The smallest absolute Gasteiger partial charge is 0.244 e. The molecule has 66 valence electrons. The van der Waals surface area contributed by atoms with E-state index in [4.69, 9.17) is 0 Å². The molecular weight excluding hydrogens is 180 g/mol. The van der Waals surface area contributed by atoms with E-state index < -0.39 is 6.03 Å². The van der Waals surface area contributed by atoms with Gasteiger partial charge in [0.15, 0.2) is 0 Å². The monoisotopic (exact) mass is 184 g/mol. The minimum Gasteiger partial charge on any atom is -0.244 e. The summed E-state index contributed by atoms with van der Waals surface area (Å²) >= 11 is 0. The van der Waals surface area contributed by atoms with Crippen LogP contribution in [0.25, 0.3) is 10.9 Å². The molecule has 1 aromatic heterocycles. The van der Waals surface area contributed by atoms with Crippen molar-refractivity contribution in [3.63, 3.8) is 0 Å². The molecule has 5 heteroatoms. The number of carbonyl (C=O) groups excluding carboxylic acids is 1. The Morgan fingerprint density at radius 2 is 2.07 bits per heavy atom. The number of hydrogen-bond acceptors (Lipinski definition) is 3. The zero-order valence-corrected chi connectivity index (χ0v) is 7.01. The molecule has 0 spiro atoms. The van der Waals surface area contributed by atoms with E-state index in [0.717, 1.165) is 5.39 Å². The number of hydrogen-bond donors (Lipinski definition) is 0. The highest BCUT2D eigenvalue weighted by Gasteiger charge is 2.08. The van der Waals surface area contributed by atoms with Gasteiger partial charge >= 0.3 is 6.03 Å². The number of carbonyl (C=O) groups is 1. The van der Waals surface area contributed by atoms with Crippen molar-refractivity contribution in [3.8, 4) is 0 Å². The Morgan fingerprint density at radius 1 is 1.14 bits per heavy atom. The molecule has 0 radical (unpaired) electrons. The van der Waals surface area contributed by atoms with Gasteiger partial charge < -0.3 is 0 Å². The fraction of sp³-hybridized carbons (Fsp3) is 0. The van der Waals surface area contributed by atoms with Crippen LogP contribution in [0.5, 0.6) is 0 Å². The van der Waals surface area contributed by atoms with E-state index in [1.807, 2.05) is 6.07 Å². The van der Waals surface area contributed by atoms with Crippen LogP contribution in [0.4, 0.5) is 4.79 Å². The van der Waals surface area contributed by atoms with Gasteiger partial charge in [0.2, 0.25) is 0 Å². The molecule has 0 saturated heterocycles. The average Bonchev–Trinajstić information content (AvgIpc) is 2.59. The number of urea groups is 1. The standard InChI is InChI=1S/C9H4N4O/c14-9-12-6-2-1-5-3-10-4-11-7(5)8(6)13-9/h1-4H. The van der Waals surface area contributed by atoms with Crippen molar-refractivity contribution in [2.24, 2.45) is 9.98 Å². The predicted octanol–water partition coefficient (Wildman–Crippen LogP) is 0.00260. The van der Waals surface area contributed by atoms with Crippen LogP contribution in [0.2, 0.25) is 0 Å². The zero-order valence-electron chi connectivity index (χ0n) is 7.01. The summed E-state index contributed by atoms with van der Waals surface area (Å²) in [6, 6.07) is 3.10. The summed E-state index contributed by atoms with van der Waals surface area (Å²) in [5.41, 5.74) is 0.673. The van der Waals surface area contributed by atoms with E-state index in [0.29, 0.717) is 16.2 Å². The number of nitrogens with zero attached hydrogens (tertiary/aromatic N) is 4. The molecule has 0 aliphatic carbocycles. The Balaban J connectivity index is 2.65. The van der Waals surface area contributed by atoms with Crippen molar-refractivity contribution in [1.82, 2.24) is 9.97 Å². The summed E-state index contributed by atoms with van der Waals surface area (Å²) in [7, 11) is 0. The van der Waals surface area contributed by atoms with Gasteiger partial charge in [-0.25, -0.2) is 14.8 Å². The third kappa shape index (κ3) is 0.861. The van der Waals surface area contributed by atoms with Gasteiger partial charge in [0, 0.05) is 11.6 Å². The van der Waals surface area contributed by atoms with E-state index in [1.165, 1.54) is 6.33 Å². The van der Waals surface area contributed by atoms with Crippen LogP contribution in [0.1, 0.15) is 0 Å². The molecule has 1 aliphatic rings. The van der Waals surface area contributed by atoms with Crippen molar-refractivity contribution in [1.29, 1.82) is 0 Å². The van der Waals surface area contributed by atoms with Crippen LogP contribution >= 0.6 is 0 Å². The Kier molecular flexibility index (Phi) is 1.25. The lowest BCUT2D eigenvalue weighted by atomic mass is 10.2. The topological polar surface area (TPSA) is 67.6 Å². The van der Waals surface area contributed by atoms with Crippen molar-refractivity contribution in [2.75, 3.05) is 0 Å². The number of rotatable bonds is 0. The first kappa shape index (κ1) is 7.25. The van der Waals surface area contributed by atoms with E-state index in [2.05, 4.69) is 20.0 Å². The lowest BCUT2D eigenvalue weighted by Crippen LogP contribution is -2.22. The van der Waals surface area contributed by atoms with Gasteiger partial charge in [-0.15, -0.1) is 0 Å². The third-order valence-electron chi connectivity index (χ3n) is 2.05. The summed E-state index contributed by atoms with van der Waals surface area (Å²) in [6.07, 6.45) is 3.11. The van der Waals surface area contributed by atoms with E-state index in [1.54, 1.807) is 12.3 Å². The Labute approximate surface area is 77.9 Å². The van der Waals surface area contributed by atoms with Crippen LogP contribution in [0, 0.1) is 0 Å². The highest BCUT2D eigenvalue weighted by Crippen LogP contribution is 2.02. The molecule has 1 aromatic carbocycles. The van der Waals surface area contributed by atoms with Crippen LogP contribution in [-0.2, 0) is 0 Å². The number of amides is 2. The summed E-state index contributed by atoms with van der Waals surface area (Å²) in [5.74, 6) is 0. The lowest BCUT2D eigenvalue weighted by molar-refractivity contribution is 0.257. The first-order valence-electron chi connectivity index (χ1n) is 4.05. The van der Waals surface area contributed by atoms with Gasteiger partial charge in [0.05, 0.1) is 5.36 Å². The van der Waals surface area contributed by atoms with Crippen LogP contribution in [0.3, 0.4) is 0 Å². The average molecular weight is 184 g/mol. The quantitative estimate of drug-likeness (QED) is 0.578. The van der Waals surface area contributed by atoms with E-state index >= 15 is 0 Å².